The van der Waals surface area contributed by atoms with Crippen molar-refractivity contribution in [1.82, 2.24) is 5.32 Å². The van der Waals surface area contributed by atoms with Crippen LogP contribution in [-0.2, 0) is 4.79 Å². The number of imide groups is 1. The number of anilines is 1. The first-order valence-corrected chi connectivity index (χ1v) is 5.49. The Labute approximate surface area is 103 Å². The summed E-state index contributed by atoms with van der Waals surface area (Å²) in [4.78, 5) is 22.3. The number of nitrogens with one attached hydrogen (secondary N) is 2. The minimum absolute atomic E-state index is 0.0528. The van der Waals surface area contributed by atoms with Crippen molar-refractivity contribution in [2.75, 3.05) is 11.2 Å². The number of hydrogen-bond acceptors (Lipinski definition) is 2. The Kier molecular flexibility index (Phi) is 4.90. The van der Waals surface area contributed by atoms with Gasteiger partial charge in [-0.05, 0) is 24.6 Å². The minimum atomic E-state index is -0.705. The van der Waals surface area contributed by atoms with E-state index in [-0.39, 0.29) is 18.0 Å². The molecule has 6 heteroatoms. The highest BCUT2D eigenvalue weighted by atomic mass is 35.5. The number of benzene rings is 1. The Bertz CT molecular complexity index is 437. The van der Waals surface area contributed by atoms with Gasteiger partial charge in [-0.25, -0.2) is 9.18 Å². The molecule has 0 aromatic heterocycles. The summed E-state index contributed by atoms with van der Waals surface area (Å²) in [6.45, 7) is 1.61. The van der Waals surface area contributed by atoms with Crippen LogP contribution >= 0.6 is 11.6 Å². The van der Waals surface area contributed by atoms with E-state index in [4.69, 9.17) is 11.6 Å². The summed E-state index contributed by atoms with van der Waals surface area (Å²) in [5.74, 6) is -0.766. The molecule has 3 amide bonds. The third-order valence-electron chi connectivity index (χ3n) is 2.00. The third-order valence-corrected chi connectivity index (χ3v) is 2.19. The highest BCUT2D eigenvalue weighted by Crippen LogP contribution is 2.13. The maximum atomic E-state index is 13.2. The van der Waals surface area contributed by atoms with Crippen LogP contribution in [0.4, 0.5) is 14.9 Å². The first kappa shape index (κ1) is 13.4. The fourth-order valence-corrected chi connectivity index (χ4v) is 1.28. The van der Waals surface area contributed by atoms with Gasteiger partial charge in [-0.1, -0.05) is 6.07 Å². The molecular weight excluding hydrogens is 247 g/mol. The maximum Gasteiger partial charge on any atom is 0.325 e. The Morgan fingerprint density at radius 1 is 1.41 bits per heavy atom. The molecule has 0 aliphatic heterocycles. The summed E-state index contributed by atoms with van der Waals surface area (Å²) in [5, 5.41) is 4.41. The number of amides is 3. The van der Waals surface area contributed by atoms with E-state index in [0.717, 1.165) is 0 Å². The molecule has 1 aromatic rings. The van der Waals surface area contributed by atoms with Crippen molar-refractivity contribution in [3.8, 4) is 0 Å². The largest absolute Gasteiger partial charge is 0.325 e. The van der Waals surface area contributed by atoms with Crippen LogP contribution in [-0.4, -0.2) is 17.8 Å². The van der Waals surface area contributed by atoms with Crippen LogP contribution in [0.1, 0.15) is 12.0 Å². The minimum Gasteiger partial charge on any atom is -0.308 e. The van der Waals surface area contributed by atoms with E-state index in [9.17, 15) is 14.0 Å². The Balaban J connectivity index is 2.56. The summed E-state index contributed by atoms with van der Waals surface area (Å²) >= 11 is 5.34. The number of halogens is 2. The van der Waals surface area contributed by atoms with E-state index in [2.05, 4.69) is 10.6 Å². The quantitative estimate of drug-likeness (QED) is 0.818. The van der Waals surface area contributed by atoms with E-state index >= 15 is 0 Å². The molecule has 0 saturated heterocycles. The van der Waals surface area contributed by atoms with Gasteiger partial charge in [0, 0.05) is 18.0 Å². The molecule has 1 aromatic carbocycles. The van der Waals surface area contributed by atoms with Gasteiger partial charge in [-0.15, -0.1) is 11.6 Å². The molecule has 0 radical (unpaired) electrons. The molecule has 0 spiro atoms. The summed E-state index contributed by atoms with van der Waals surface area (Å²) in [6.07, 6.45) is 0.0528. The van der Waals surface area contributed by atoms with Gasteiger partial charge in [-0.2, -0.15) is 0 Å². The summed E-state index contributed by atoms with van der Waals surface area (Å²) in [7, 11) is 0. The highest BCUT2D eigenvalue weighted by molar-refractivity contribution is 6.19. The van der Waals surface area contributed by atoms with Crippen molar-refractivity contribution in [3.05, 3.63) is 29.6 Å². The fraction of sp³-hybridized carbons (Fsp3) is 0.273. The van der Waals surface area contributed by atoms with Gasteiger partial charge in [0.1, 0.15) is 5.82 Å². The van der Waals surface area contributed by atoms with Crippen molar-refractivity contribution >= 4 is 29.2 Å². The van der Waals surface area contributed by atoms with Gasteiger partial charge < -0.3 is 5.32 Å². The van der Waals surface area contributed by atoms with Crippen molar-refractivity contribution in [2.45, 2.75) is 13.3 Å². The number of carbonyl (C=O) groups excluding carboxylic acids is 2. The van der Waals surface area contributed by atoms with E-state index in [1.165, 1.54) is 12.1 Å². The lowest BCUT2D eigenvalue weighted by molar-refractivity contribution is -0.119. The normalized spacial score (nSPS) is 9.82. The molecule has 0 unspecified atom stereocenters. The Morgan fingerprint density at radius 2 is 2.12 bits per heavy atom. The average Bonchev–Trinajstić information content (AvgIpc) is 2.23. The molecule has 0 atom stereocenters. The molecule has 0 bridgehead atoms. The SMILES string of the molecule is Cc1ccc(NC(=O)NC(=O)CCCl)cc1F. The van der Waals surface area contributed by atoms with Gasteiger partial charge in [-0.3, -0.25) is 10.1 Å². The van der Waals surface area contributed by atoms with E-state index < -0.39 is 17.8 Å². The fourth-order valence-electron chi connectivity index (χ4n) is 1.11. The maximum absolute atomic E-state index is 13.2. The molecular formula is C11H12ClFN2O2. The number of carbonyl (C=O) groups is 2. The van der Waals surface area contributed by atoms with Crippen LogP contribution in [0.3, 0.4) is 0 Å². The predicted molar refractivity (Wildman–Crippen MR) is 63.6 cm³/mol. The lowest BCUT2D eigenvalue weighted by atomic mass is 10.2. The second kappa shape index (κ2) is 6.20. The highest BCUT2D eigenvalue weighted by Gasteiger charge is 2.07. The molecule has 4 nitrogen and oxygen atoms in total. The first-order valence-electron chi connectivity index (χ1n) is 4.96. The Hall–Kier alpha value is -1.62. The van der Waals surface area contributed by atoms with E-state index in [0.29, 0.717) is 5.56 Å². The second-order valence-electron chi connectivity index (χ2n) is 3.41. The molecule has 0 aliphatic carbocycles. The van der Waals surface area contributed by atoms with Gasteiger partial charge in [0.05, 0.1) is 0 Å². The molecule has 1 rings (SSSR count). The molecule has 0 fully saturated rings. The van der Waals surface area contributed by atoms with Crippen LogP contribution < -0.4 is 10.6 Å². The van der Waals surface area contributed by atoms with Crippen molar-refractivity contribution in [1.29, 1.82) is 0 Å². The summed E-state index contributed by atoms with van der Waals surface area (Å²) < 4.78 is 13.2. The zero-order chi connectivity index (χ0) is 12.8. The van der Waals surface area contributed by atoms with Crippen molar-refractivity contribution in [3.63, 3.8) is 0 Å². The molecule has 92 valence electrons. The van der Waals surface area contributed by atoms with Crippen LogP contribution in [0.5, 0.6) is 0 Å². The van der Waals surface area contributed by atoms with Gasteiger partial charge in [0.2, 0.25) is 5.91 Å². The van der Waals surface area contributed by atoms with Gasteiger partial charge in [0.15, 0.2) is 0 Å². The lowest BCUT2D eigenvalue weighted by Gasteiger charge is -2.06. The zero-order valence-electron chi connectivity index (χ0n) is 9.22. The van der Waals surface area contributed by atoms with E-state index in [1.807, 2.05) is 0 Å². The van der Waals surface area contributed by atoms with Crippen molar-refractivity contribution in [2.24, 2.45) is 0 Å². The molecule has 17 heavy (non-hydrogen) atoms. The molecule has 0 heterocycles. The summed E-state index contributed by atoms with van der Waals surface area (Å²) in [6, 6.07) is 3.56. The van der Waals surface area contributed by atoms with Crippen LogP contribution in [0.2, 0.25) is 0 Å². The number of hydrogen-bond donors (Lipinski definition) is 2. The van der Waals surface area contributed by atoms with E-state index in [1.54, 1.807) is 13.0 Å². The topological polar surface area (TPSA) is 58.2 Å². The van der Waals surface area contributed by atoms with Crippen LogP contribution in [0.15, 0.2) is 18.2 Å². The van der Waals surface area contributed by atoms with Gasteiger partial charge >= 0.3 is 6.03 Å². The zero-order valence-corrected chi connectivity index (χ0v) is 9.97. The molecule has 0 saturated carbocycles. The van der Waals surface area contributed by atoms with Crippen molar-refractivity contribution < 1.29 is 14.0 Å². The first-order chi connectivity index (χ1) is 8.02. The number of urea groups is 1. The van der Waals surface area contributed by atoms with Crippen LogP contribution in [0.25, 0.3) is 0 Å². The molecule has 2 N–H and O–H groups in total. The standard InChI is InChI=1S/C11H12ClFN2O2/c1-7-2-3-8(6-9(7)13)14-11(17)15-10(16)4-5-12/h2-3,6H,4-5H2,1H3,(H2,14,15,16,17). The van der Waals surface area contributed by atoms with Gasteiger partial charge in [0.25, 0.3) is 0 Å². The number of rotatable bonds is 3. The number of alkyl halides is 1. The summed E-state index contributed by atoms with van der Waals surface area (Å²) in [5.41, 5.74) is 0.762. The molecule has 0 aliphatic rings. The lowest BCUT2D eigenvalue weighted by Crippen LogP contribution is -2.34. The monoisotopic (exact) mass is 258 g/mol. The number of aryl methyl sites for hydroxylation is 1. The second-order valence-corrected chi connectivity index (χ2v) is 3.78. The Morgan fingerprint density at radius 3 is 2.71 bits per heavy atom. The van der Waals surface area contributed by atoms with Crippen LogP contribution in [0, 0.1) is 12.7 Å². The average molecular weight is 259 g/mol. The third kappa shape index (κ3) is 4.40. The smallest absolute Gasteiger partial charge is 0.308 e. The predicted octanol–water partition coefficient (Wildman–Crippen LogP) is 2.41.